The van der Waals surface area contributed by atoms with E-state index in [0.717, 1.165) is 34.3 Å². The minimum absolute atomic E-state index is 0.208. The van der Waals surface area contributed by atoms with Crippen molar-refractivity contribution in [3.05, 3.63) is 130 Å². The van der Waals surface area contributed by atoms with E-state index in [2.05, 4.69) is 45.9 Å². The molecule has 3 heterocycles. The lowest BCUT2D eigenvalue weighted by Crippen LogP contribution is -2.38. The smallest absolute Gasteiger partial charge is 0.253 e. The van der Waals surface area contributed by atoms with Crippen LogP contribution in [-0.2, 0) is 11.2 Å². The van der Waals surface area contributed by atoms with Crippen LogP contribution in [0.2, 0.25) is 5.02 Å². The molecule has 1 aliphatic rings. The fourth-order valence-corrected chi connectivity index (χ4v) is 6.12. The molecule has 0 aliphatic carbocycles. The number of amides is 1. The summed E-state index contributed by atoms with van der Waals surface area (Å²) in [7, 11) is 0. The molecule has 6 rings (SSSR count). The van der Waals surface area contributed by atoms with Gasteiger partial charge in [-0.2, -0.15) is 9.41 Å². The first-order valence-corrected chi connectivity index (χ1v) is 14.6. The minimum atomic E-state index is -0.953. The van der Waals surface area contributed by atoms with Gasteiger partial charge in [0.1, 0.15) is 6.33 Å². The van der Waals surface area contributed by atoms with E-state index in [1.54, 1.807) is 23.2 Å². The second-order valence-corrected chi connectivity index (χ2v) is 11.2. The van der Waals surface area contributed by atoms with Crippen LogP contribution in [-0.4, -0.2) is 50.8 Å². The highest BCUT2D eigenvalue weighted by atomic mass is 35.5. The summed E-state index contributed by atoms with van der Waals surface area (Å²) in [5, 5.41) is 25.8. The van der Waals surface area contributed by atoms with Gasteiger partial charge in [-0.25, -0.2) is 4.39 Å². The zero-order valence-corrected chi connectivity index (χ0v) is 24.1. The van der Waals surface area contributed by atoms with E-state index in [-0.39, 0.29) is 11.8 Å². The first kappa shape index (κ1) is 28.5. The summed E-state index contributed by atoms with van der Waals surface area (Å²) in [6.07, 6.45) is 5.27. The number of hydrogen-bond acceptors (Lipinski definition) is 5. The number of pyridine rings is 1. The molecule has 10 heteroatoms. The summed E-state index contributed by atoms with van der Waals surface area (Å²) in [6, 6.07) is 27.7. The molecule has 0 unspecified atom stereocenters. The number of benzene rings is 3. The Morgan fingerprint density at radius 3 is 2.56 bits per heavy atom. The third-order valence-corrected chi connectivity index (χ3v) is 8.43. The Labute approximate surface area is 253 Å². The number of hydrogen-bond donors (Lipinski definition) is 0. The fourth-order valence-electron chi connectivity index (χ4n) is 5.95. The van der Waals surface area contributed by atoms with Crippen LogP contribution < -0.4 is 4.73 Å². The Morgan fingerprint density at radius 1 is 1.02 bits per heavy atom. The molecule has 1 fully saturated rings. The van der Waals surface area contributed by atoms with Gasteiger partial charge in [0.05, 0.1) is 11.6 Å². The van der Waals surface area contributed by atoms with Crippen LogP contribution in [0.5, 0.6) is 0 Å². The van der Waals surface area contributed by atoms with Crippen LogP contribution in [0.1, 0.15) is 47.1 Å². The molecule has 218 valence electrons. The van der Waals surface area contributed by atoms with Crippen LogP contribution >= 0.6 is 11.6 Å². The zero-order valence-electron chi connectivity index (χ0n) is 23.4. The molecular formula is C33H30ClFN6O2. The third-order valence-electron chi connectivity index (χ3n) is 8.20. The Kier molecular flexibility index (Phi) is 8.42. The molecule has 0 saturated carbocycles. The largest absolute Gasteiger partial charge is 0.618 e. The lowest BCUT2D eigenvalue weighted by Gasteiger charge is -2.32. The van der Waals surface area contributed by atoms with Crippen molar-refractivity contribution < 1.29 is 13.9 Å². The summed E-state index contributed by atoms with van der Waals surface area (Å²) in [5.74, 6) is -0.392. The Bertz CT molecular complexity index is 1710. The average molecular weight is 597 g/mol. The summed E-state index contributed by atoms with van der Waals surface area (Å²) in [4.78, 5) is 13.4. The molecule has 1 aliphatic heterocycles. The molecule has 8 nitrogen and oxygen atoms in total. The standard InChI is InChI=1S/C33H30ClFN6O2/c34-28-10-12-31(40-22-36-37-38-40)30(19-28)27-9-11-32(41(43)21-27)29(17-23-5-2-1-3-6-23)26-8-4-7-25(18-26)24-13-15-39(16-14-24)33(42)20-35/h1-12,18-19,21-22,24,29H,13-17,20H2/t29-/m0/s1. The van der Waals surface area contributed by atoms with E-state index in [1.165, 1.54) is 16.6 Å². The Hall–Kier alpha value is -4.63. The normalized spacial score (nSPS) is 14.5. The monoisotopic (exact) mass is 596 g/mol. The molecule has 0 radical (unpaired) electrons. The van der Waals surface area contributed by atoms with Gasteiger partial charge < -0.3 is 10.1 Å². The summed E-state index contributed by atoms with van der Waals surface area (Å²) in [6.45, 7) is 0.137. The van der Waals surface area contributed by atoms with E-state index in [4.69, 9.17) is 11.6 Å². The Balaban J connectivity index is 1.35. The molecule has 1 amide bonds. The van der Waals surface area contributed by atoms with Crippen molar-refractivity contribution in [3.8, 4) is 16.8 Å². The number of carbonyl (C=O) groups is 1. The first-order chi connectivity index (χ1) is 21.0. The van der Waals surface area contributed by atoms with Crippen molar-refractivity contribution in [2.45, 2.75) is 31.1 Å². The second-order valence-electron chi connectivity index (χ2n) is 10.8. The average Bonchev–Trinajstić information content (AvgIpc) is 3.59. The van der Waals surface area contributed by atoms with Gasteiger partial charge in [-0.1, -0.05) is 66.2 Å². The first-order valence-electron chi connectivity index (χ1n) is 14.2. The summed E-state index contributed by atoms with van der Waals surface area (Å²) in [5.41, 5.74) is 6.08. The molecule has 5 aromatic rings. The number of aromatic nitrogens is 5. The molecular weight excluding hydrogens is 567 g/mol. The van der Waals surface area contributed by atoms with Crippen LogP contribution in [0.25, 0.3) is 16.8 Å². The minimum Gasteiger partial charge on any atom is -0.618 e. The topological polar surface area (TPSA) is 90.9 Å². The number of tetrazole rings is 1. The van der Waals surface area contributed by atoms with E-state index in [1.807, 2.05) is 42.5 Å². The number of rotatable bonds is 8. The van der Waals surface area contributed by atoms with Crippen LogP contribution in [0.4, 0.5) is 4.39 Å². The van der Waals surface area contributed by atoms with Crippen LogP contribution in [0.15, 0.2) is 97.5 Å². The SMILES string of the molecule is O=C(CF)N1CCC(c2cccc([C@H](Cc3ccccc3)c3ccc(-c4cc(Cl)ccc4-n4cnnn4)c[n+]3[O-])c2)CC1. The van der Waals surface area contributed by atoms with Crippen LogP contribution in [0, 0.1) is 5.21 Å². The molecule has 1 saturated heterocycles. The van der Waals surface area contributed by atoms with Gasteiger partial charge in [0.15, 0.2) is 12.9 Å². The van der Waals surface area contributed by atoms with Crippen molar-refractivity contribution in [2.75, 3.05) is 19.8 Å². The number of likely N-dealkylation sites (tertiary alicyclic amines) is 1. The number of piperidine rings is 1. The van der Waals surface area contributed by atoms with Crippen molar-refractivity contribution in [1.29, 1.82) is 0 Å². The maximum absolute atomic E-state index is 13.8. The van der Waals surface area contributed by atoms with Gasteiger partial charge in [0.25, 0.3) is 5.91 Å². The lowest BCUT2D eigenvalue weighted by molar-refractivity contribution is -0.614. The number of alkyl halides is 1. The number of halogens is 2. The highest BCUT2D eigenvalue weighted by molar-refractivity contribution is 6.31. The number of carbonyl (C=O) groups excluding carboxylic acids is 1. The van der Waals surface area contributed by atoms with Crippen molar-refractivity contribution >= 4 is 17.5 Å². The van der Waals surface area contributed by atoms with Gasteiger partial charge in [0, 0.05) is 35.3 Å². The lowest BCUT2D eigenvalue weighted by atomic mass is 9.84. The molecule has 43 heavy (non-hydrogen) atoms. The predicted octanol–water partition coefficient (Wildman–Crippen LogP) is 5.67. The van der Waals surface area contributed by atoms with E-state index >= 15 is 0 Å². The molecule has 0 spiro atoms. The zero-order chi connectivity index (χ0) is 29.8. The fraction of sp³-hybridized carbons (Fsp3) is 0.242. The van der Waals surface area contributed by atoms with Crippen molar-refractivity contribution in [2.24, 2.45) is 0 Å². The summed E-state index contributed by atoms with van der Waals surface area (Å²) < 4.78 is 15.4. The molecule has 0 bridgehead atoms. The van der Waals surface area contributed by atoms with Gasteiger partial charge >= 0.3 is 0 Å². The Morgan fingerprint density at radius 2 is 1.84 bits per heavy atom. The predicted molar refractivity (Wildman–Crippen MR) is 162 cm³/mol. The van der Waals surface area contributed by atoms with E-state index < -0.39 is 12.6 Å². The maximum Gasteiger partial charge on any atom is 0.253 e. The molecule has 2 aromatic heterocycles. The molecule has 1 atom stereocenters. The van der Waals surface area contributed by atoms with Gasteiger partial charge in [-0.15, -0.1) is 5.10 Å². The molecule has 0 N–H and O–H groups in total. The second kappa shape index (κ2) is 12.7. The maximum atomic E-state index is 13.8. The van der Waals surface area contributed by atoms with Gasteiger partial charge in [-0.05, 0) is 76.6 Å². The van der Waals surface area contributed by atoms with Crippen LogP contribution in [0.3, 0.4) is 0 Å². The highest BCUT2D eigenvalue weighted by Gasteiger charge is 2.27. The van der Waals surface area contributed by atoms with E-state index in [0.29, 0.717) is 41.5 Å². The quantitative estimate of drug-likeness (QED) is 0.170. The molecule has 3 aromatic carbocycles. The van der Waals surface area contributed by atoms with Gasteiger partial charge in [-0.3, -0.25) is 4.79 Å². The van der Waals surface area contributed by atoms with Crippen molar-refractivity contribution in [1.82, 2.24) is 25.1 Å². The summed E-state index contributed by atoms with van der Waals surface area (Å²) >= 11 is 6.35. The third kappa shape index (κ3) is 6.27. The number of nitrogens with zero attached hydrogens (tertiary/aromatic N) is 6. The highest BCUT2D eigenvalue weighted by Crippen LogP contribution is 2.34. The van der Waals surface area contributed by atoms with Gasteiger partial charge in [0.2, 0.25) is 5.69 Å². The van der Waals surface area contributed by atoms with E-state index in [9.17, 15) is 14.4 Å². The van der Waals surface area contributed by atoms with Crippen molar-refractivity contribution in [3.63, 3.8) is 0 Å².